The third kappa shape index (κ3) is 2.32. The molecule has 7 nitrogen and oxygen atoms in total. The van der Waals surface area contributed by atoms with Crippen LogP contribution < -0.4 is 21.9 Å². The molecular weight excluding hydrogens is 280 g/mol. The number of anilines is 3. The van der Waals surface area contributed by atoms with Crippen LogP contribution in [0.2, 0.25) is 0 Å². The number of nitrogen functional groups attached to an aromatic ring is 3. The summed E-state index contributed by atoms with van der Waals surface area (Å²) in [4.78, 5) is 12.3. The van der Waals surface area contributed by atoms with Gasteiger partial charge in [0.1, 0.15) is 17.3 Å². The van der Waals surface area contributed by atoms with Crippen molar-refractivity contribution in [2.45, 2.75) is 6.42 Å². The molecule has 0 bridgehead atoms. The van der Waals surface area contributed by atoms with Gasteiger partial charge in [0.05, 0.1) is 12.6 Å². The standard InChI is InChI=1S/C15H16N6O/c1-22-11-6-8(5-9-7-20-15(18)21-14(9)17)10-3-2-4-19-13(10)12(11)16/h2-4,6-7H,5,16H2,1H3,(H4,17,18,20,21). The van der Waals surface area contributed by atoms with Crippen molar-refractivity contribution in [2.75, 3.05) is 24.3 Å². The van der Waals surface area contributed by atoms with E-state index in [1.165, 1.54) is 0 Å². The highest BCUT2D eigenvalue weighted by Crippen LogP contribution is 2.33. The molecule has 0 radical (unpaired) electrons. The summed E-state index contributed by atoms with van der Waals surface area (Å²) in [5, 5.41) is 0.942. The van der Waals surface area contributed by atoms with Crippen molar-refractivity contribution in [1.82, 2.24) is 15.0 Å². The van der Waals surface area contributed by atoms with E-state index in [1.807, 2.05) is 18.2 Å². The summed E-state index contributed by atoms with van der Waals surface area (Å²) in [5.74, 6) is 1.10. The molecule has 0 saturated carbocycles. The van der Waals surface area contributed by atoms with Crippen LogP contribution in [-0.2, 0) is 6.42 Å². The van der Waals surface area contributed by atoms with Gasteiger partial charge in [-0.2, -0.15) is 4.98 Å². The minimum atomic E-state index is 0.155. The van der Waals surface area contributed by atoms with E-state index in [-0.39, 0.29) is 5.95 Å². The summed E-state index contributed by atoms with van der Waals surface area (Å²) in [6.45, 7) is 0. The van der Waals surface area contributed by atoms with E-state index >= 15 is 0 Å². The number of nitrogens with zero attached hydrogens (tertiary/aromatic N) is 3. The molecule has 0 amide bonds. The molecule has 2 heterocycles. The second-order valence-corrected chi connectivity index (χ2v) is 4.87. The molecule has 3 aromatic rings. The van der Waals surface area contributed by atoms with Crippen molar-refractivity contribution in [2.24, 2.45) is 0 Å². The first-order chi connectivity index (χ1) is 10.6. The number of pyridine rings is 1. The predicted molar refractivity (Wildman–Crippen MR) is 86.4 cm³/mol. The van der Waals surface area contributed by atoms with Crippen molar-refractivity contribution in [3.8, 4) is 5.75 Å². The number of methoxy groups -OCH3 is 1. The number of nitrogens with two attached hydrogens (primary N) is 3. The maximum Gasteiger partial charge on any atom is 0.221 e. The topological polar surface area (TPSA) is 126 Å². The van der Waals surface area contributed by atoms with E-state index < -0.39 is 0 Å². The second kappa shape index (κ2) is 5.36. The van der Waals surface area contributed by atoms with Crippen LogP contribution in [0.25, 0.3) is 10.9 Å². The van der Waals surface area contributed by atoms with E-state index in [1.54, 1.807) is 19.5 Å². The van der Waals surface area contributed by atoms with Crippen LogP contribution in [-0.4, -0.2) is 22.1 Å². The predicted octanol–water partition coefficient (Wildman–Crippen LogP) is 1.37. The van der Waals surface area contributed by atoms with Crippen molar-refractivity contribution in [3.63, 3.8) is 0 Å². The zero-order valence-electron chi connectivity index (χ0n) is 12.1. The zero-order valence-corrected chi connectivity index (χ0v) is 12.1. The lowest BCUT2D eigenvalue weighted by Gasteiger charge is -2.13. The van der Waals surface area contributed by atoms with E-state index in [4.69, 9.17) is 21.9 Å². The van der Waals surface area contributed by atoms with Gasteiger partial charge in [-0.15, -0.1) is 0 Å². The molecule has 1 aromatic carbocycles. The number of aromatic nitrogens is 3. The van der Waals surface area contributed by atoms with Gasteiger partial charge in [-0.3, -0.25) is 4.98 Å². The van der Waals surface area contributed by atoms with Crippen molar-refractivity contribution in [1.29, 1.82) is 0 Å². The van der Waals surface area contributed by atoms with Crippen LogP contribution in [0, 0.1) is 0 Å². The van der Waals surface area contributed by atoms with E-state index in [0.717, 1.165) is 16.5 Å². The first-order valence-electron chi connectivity index (χ1n) is 6.67. The molecule has 0 unspecified atom stereocenters. The zero-order chi connectivity index (χ0) is 15.7. The molecule has 0 aliphatic heterocycles. The van der Waals surface area contributed by atoms with Crippen LogP contribution in [0.15, 0.2) is 30.6 Å². The van der Waals surface area contributed by atoms with Crippen LogP contribution in [0.4, 0.5) is 17.5 Å². The number of hydrogen-bond donors (Lipinski definition) is 3. The average molecular weight is 296 g/mol. The highest BCUT2D eigenvalue weighted by molar-refractivity contribution is 5.95. The van der Waals surface area contributed by atoms with E-state index in [0.29, 0.717) is 29.2 Å². The minimum Gasteiger partial charge on any atom is -0.495 e. The van der Waals surface area contributed by atoms with Crippen molar-refractivity contribution in [3.05, 3.63) is 41.7 Å². The number of ether oxygens (including phenoxy) is 1. The Kier molecular flexibility index (Phi) is 3.38. The molecule has 0 spiro atoms. The molecule has 112 valence electrons. The lowest BCUT2D eigenvalue weighted by molar-refractivity contribution is 0.417. The summed E-state index contributed by atoms with van der Waals surface area (Å²) < 4.78 is 5.33. The van der Waals surface area contributed by atoms with Gasteiger partial charge in [-0.05, 0) is 17.7 Å². The quantitative estimate of drug-likeness (QED) is 0.623. The number of rotatable bonds is 3. The Labute approximate surface area is 127 Å². The van der Waals surface area contributed by atoms with Crippen LogP contribution in [0.5, 0.6) is 5.75 Å². The SMILES string of the molecule is COc1cc(Cc2cnc(N)nc2N)c2cccnc2c1N. The molecular formula is C15H16N6O. The largest absolute Gasteiger partial charge is 0.495 e. The van der Waals surface area contributed by atoms with Crippen LogP contribution in [0.3, 0.4) is 0 Å². The first kappa shape index (κ1) is 13.9. The fourth-order valence-electron chi connectivity index (χ4n) is 2.40. The Bertz CT molecular complexity index is 849. The highest BCUT2D eigenvalue weighted by atomic mass is 16.5. The third-order valence-corrected chi connectivity index (χ3v) is 3.50. The number of hydrogen-bond acceptors (Lipinski definition) is 7. The molecule has 6 N–H and O–H groups in total. The Balaban J connectivity index is 2.16. The average Bonchev–Trinajstić information content (AvgIpc) is 2.52. The van der Waals surface area contributed by atoms with Gasteiger partial charge in [0.15, 0.2) is 0 Å². The summed E-state index contributed by atoms with van der Waals surface area (Å²) >= 11 is 0. The fourth-order valence-corrected chi connectivity index (χ4v) is 2.40. The van der Waals surface area contributed by atoms with Crippen molar-refractivity contribution >= 4 is 28.4 Å². The number of benzene rings is 1. The minimum absolute atomic E-state index is 0.155. The Hall–Kier alpha value is -3.09. The molecule has 0 saturated heterocycles. The van der Waals surface area contributed by atoms with Gasteiger partial charge in [0, 0.05) is 29.8 Å². The van der Waals surface area contributed by atoms with Gasteiger partial charge in [0.2, 0.25) is 5.95 Å². The Morgan fingerprint density at radius 1 is 1.14 bits per heavy atom. The second-order valence-electron chi connectivity index (χ2n) is 4.87. The first-order valence-corrected chi connectivity index (χ1v) is 6.67. The molecule has 0 aliphatic rings. The van der Waals surface area contributed by atoms with Crippen LogP contribution >= 0.6 is 0 Å². The third-order valence-electron chi connectivity index (χ3n) is 3.50. The van der Waals surface area contributed by atoms with Gasteiger partial charge >= 0.3 is 0 Å². The van der Waals surface area contributed by atoms with Gasteiger partial charge in [-0.1, -0.05) is 6.07 Å². The van der Waals surface area contributed by atoms with Gasteiger partial charge in [0.25, 0.3) is 0 Å². The molecule has 3 rings (SSSR count). The molecule has 0 atom stereocenters. The van der Waals surface area contributed by atoms with E-state index in [2.05, 4.69) is 15.0 Å². The lowest BCUT2D eigenvalue weighted by Crippen LogP contribution is -2.05. The van der Waals surface area contributed by atoms with Crippen LogP contribution in [0.1, 0.15) is 11.1 Å². The molecule has 7 heteroatoms. The molecule has 22 heavy (non-hydrogen) atoms. The Morgan fingerprint density at radius 2 is 1.95 bits per heavy atom. The Morgan fingerprint density at radius 3 is 2.68 bits per heavy atom. The maximum atomic E-state index is 6.09. The van der Waals surface area contributed by atoms with Gasteiger partial charge in [-0.25, -0.2) is 4.98 Å². The highest BCUT2D eigenvalue weighted by Gasteiger charge is 2.13. The van der Waals surface area contributed by atoms with E-state index in [9.17, 15) is 0 Å². The number of fused-ring (bicyclic) bond motifs is 1. The monoisotopic (exact) mass is 296 g/mol. The smallest absolute Gasteiger partial charge is 0.221 e. The van der Waals surface area contributed by atoms with Gasteiger partial charge < -0.3 is 21.9 Å². The molecule has 2 aromatic heterocycles. The summed E-state index contributed by atoms with van der Waals surface area (Å²) in [6.07, 6.45) is 3.86. The fraction of sp³-hybridized carbons (Fsp3) is 0.133. The summed E-state index contributed by atoms with van der Waals surface area (Å²) in [6, 6.07) is 5.71. The summed E-state index contributed by atoms with van der Waals surface area (Å²) in [5.41, 5.74) is 20.5. The summed E-state index contributed by atoms with van der Waals surface area (Å²) in [7, 11) is 1.57. The molecule has 0 fully saturated rings. The maximum absolute atomic E-state index is 6.09. The normalized spacial score (nSPS) is 10.8. The lowest BCUT2D eigenvalue weighted by atomic mass is 10.00. The molecule has 0 aliphatic carbocycles. The van der Waals surface area contributed by atoms with Crippen molar-refractivity contribution < 1.29 is 4.74 Å².